The summed E-state index contributed by atoms with van der Waals surface area (Å²) in [6, 6.07) is 5.97. The summed E-state index contributed by atoms with van der Waals surface area (Å²) in [5, 5.41) is 10.0. The molecule has 2 N–H and O–H groups in total. The molecule has 2 aromatic rings. The second-order valence-electron chi connectivity index (χ2n) is 5.63. The highest BCUT2D eigenvalue weighted by atomic mass is 16.5. The van der Waals surface area contributed by atoms with Gasteiger partial charge in [0.2, 0.25) is 5.90 Å². The molecule has 1 heterocycles. The highest BCUT2D eigenvalue weighted by Crippen LogP contribution is 2.22. The zero-order valence-corrected chi connectivity index (χ0v) is 15.1. The van der Waals surface area contributed by atoms with Crippen LogP contribution in [0.1, 0.15) is 37.0 Å². The number of aryl methyl sites for hydroxylation is 1. The van der Waals surface area contributed by atoms with Crippen LogP contribution in [-0.2, 0) is 11.3 Å². The number of hydrazine groups is 1. The smallest absolute Gasteiger partial charge is 0.208 e. The molecule has 1 aromatic carbocycles. The first-order chi connectivity index (χ1) is 12.0. The number of nitrogens with zero attached hydrogens (tertiary/aromatic N) is 5. The van der Waals surface area contributed by atoms with Crippen LogP contribution in [-0.4, -0.2) is 28.6 Å². The zero-order chi connectivity index (χ0) is 18.2. The molecule has 0 amide bonds. The molecule has 2 rings (SSSR count). The van der Waals surface area contributed by atoms with Gasteiger partial charge in [0.1, 0.15) is 12.9 Å². The molecular weight excluding hydrogens is 316 g/mol. The number of aromatic nitrogens is 2. The maximum atomic E-state index is 5.90. The van der Waals surface area contributed by atoms with Crippen LogP contribution in [0.25, 0.3) is 0 Å². The minimum absolute atomic E-state index is 0.388. The minimum atomic E-state index is 0.388. The Balaban J connectivity index is 2.13. The Kier molecular flexibility index (Phi) is 6.59. The summed E-state index contributed by atoms with van der Waals surface area (Å²) < 4.78 is 5.86. The van der Waals surface area contributed by atoms with Crippen LogP contribution in [0.4, 0.5) is 5.69 Å². The molecular formula is C18H24N6O. The van der Waals surface area contributed by atoms with E-state index in [4.69, 9.17) is 10.6 Å². The van der Waals surface area contributed by atoms with Crippen molar-refractivity contribution in [2.24, 2.45) is 16.0 Å². The van der Waals surface area contributed by atoms with Crippen molar-refractivity contribution in [3.63, 3.8) is 0 Å². The lowest BCUT2D eigenvalue weighted by Gasteiger charge is -2.19. The van der Waals surface area contributed by atoms with E-state index in [0.717, 1.165) is 28.1 Å². The van der Waals surface area contributed by atoms with Crippen molar-refractivity contribution in [1.29, 1.82) is 0 Å². The van der Waals surface area contributed by atoms with Gasteiger partial charge in [0.05, 0.1) is 11.4 Å². The van der Waals surface area contributed by atoms with Crippen LogP contribution in [0.5, 0.6) is 0 Å². The van der Waals surface area contributed by atoms with Crippen molar-refractivity contribution in [2.75, 3.05) is 12.1 Å². The molecule has 0 atom stereocenters. The first-order valence-corrected chi connectivity index (χ1v) is 8.09. The average molecular weight is 340 g/mol. The standard InChI is InChI=1S/C18H24N6O/c1-5-18(23-22-14(3)15-9-20-12-21-10-15)25-11-16-13(2)7-6-8-17(16)24(4)19/h6-10,12H,5,11,19H2,1-4H3. The third-order valence-electron chi connectivity index (χ3n) is 3.74. The molecule has 7 nitrogen and oxygen atoms in total. The maximum Gasteiger partial charge on any atom is 0.208 e. The fourth-order valence-electron chi connectivity index (χ4n) is 2.24. The number of hydrogen-bond donors (Lipinski definition) is 1. The van der Waals surface area contributed by atoms with Gasteiger partial charge in [0.15, 0.2) is 0 Å². The Hall–Kier alpha value is -2.80. The quantitative estimate of drug-likeness (QED) is 0.378. The van der Waals surface area contributed by atoms with Crippen LogP contribution in [0.2, 0.25) is 0 Å². The third-order valence-corrected chi connectivity index (χ3v) is 3.74. The minimum Gasteiger partial charge on any atom is -0.475 e. The lowest BCUT2D eigenvalue weighted by Crippen LogP contribution is -2.26. The summed E-state index contributed by atoms with van der Waals surface area (Å²) in [4.78, 5) is 7.95. The fourth-order valence-corrected chi connectivity index (χ4v) is 2.24. The van der Waals surface area contributed by atoms with Crippen LogP contribution in [0, 0.1) is 6.92 Å². The zero-order valence-electron chi connectivity index (χ0n) is 15.1. The van der Waals surface area contributed by atoms with Crippen molar-refractivity contribution in [1.82, 2.24) is 9.97 Å². The highest BCUT2D eigenvalue weighted by molar-refractivity contribution is 5.98. The predicted octanol–water partition coefficient (Wildman–Crippen LogP) is 2.84. The molecule has 0 aliphatic carbocycles. The summed E-state index contributed by atoms with van der Waals surface area (Å²) in [5.41, 5.74) is 4.63. The Bertz CT molecular complexity index is 755. The number of rotatable bonds is 6. The van der Waals surface area contributed by atoms with Crippen molar-refractivity contribution in [2.45, 2.75) is 33.8 Å². The van der Waals surface area contributed by atoms with E-state index in [0.29, 0.717) is 18.9 Å². The molecule has 0 aliphatic rings. The predicted molar refractivity (Wildman–Crippen MR) is 101 cm³/mol. The van der Waals surface area contributed by atoms with Crippen molar-refractivity contribution in [3.8, 4) is 0 Å². The van der Waals surface area contributed by atoms with Crippen LogP contribution < -0.4 is 10.9 Å². The molecule has 0 fully saturated rings. The molecule has 0 radical (unpaired) electrons. The molecule has 0 spiro atoms. The van der Waals surface area contributed by atoms with Crippen LogP contribution in [0.3, 0.4) is 0 Å². The van der Waals surface area contributed by atoms with Gasteiger partial charge < -0.3 is 9.75 Å². The maximum absolute atomic E-state index is 5.90. The largest absolute Gasteiger partial charge is 0.475 e. The lowest BCUT2D eigenvalue weighted by molar-refractivity contribution is 0.283. The van der Waals surface area contributed by atoms with Gasteiger partial charge in [-0.1, -0.05) is 19.1 Å². The SMILES string of the molecule is CCC(=NN=C(C)c1cncnc1)OCc1c(C)cccc1N(C)N. The van der Waals surface area contributed by atoms with Gasteiger partial charge in [0, 0.05) is 37.0 Å². The van der Waals surface area contributed by atoms with Gasteiger partial charge in [-0.25, -0.2) is 15.8 Å². The van der Waals surface area contributed by atoms with E-state index in [2.05, 4.69) is 20.2 Å². The molecule has 132 valence electrons. The number of benzene rings is 1. The molecule has 0 bridgehead atoms. The number of anilines is 1. The van der Waals surface area contributed by atoms with Gasteiger partial charge in [-0.3, -0.25) is 0 Å². The number of ether oxygens (including phenoxy) is 1. The van der Waals surface area contributed by atoms with Gasteiger partial charge >= 0.3 is 0 Å². The Morgan fingerprint density at radius 2 is 1.96 bits per heavy atom. The summed E-state index contributed by atoms with van der Waals surface area (Å²) >= 11 is 0. The second-order valence-corrected chi connectivity index (χ2v) is 5.63. The number of nitrogens with two attached hydrogens (primary N) is 1. The molecule has 7 heteroatoms. The second kappa shape index (κ2) is 8.89. The average Bonchev–Trinajstić information content (AvgIpc) is 2.63. The van der Waals surface area contributed by atoms with Crippen molar-refractivity contribution < 1.29 is 4.74 Å². The van der Waals surface area contributed by atoms with Crippen molar-refractivity contribution >= 4 is 17.3 Å². The summed E-state index contributed by atoms with van der Waals surface area (Å²) in [7, 11) is 1.81. The van der Waals surface area contributed by atoms with E-state index in [-0.39, 0.29) is 0 Å². The van der Waals surface area contributed by atoms with E-state index in [1.54, 1.807) is 17.4 Å². The normalized spacial score (nSPS) is 12.2. The Morgan fingerprint density at radius 1 is 1.24 bits per heavy atom. The highest BCUT2D eigenvalue weighted by Gasteiger charge is 2.09. The Labute approximate surface area is 148 Å². The molecule has 0 saturated heterocycles. The van der Waals surface area contributed by atoms with Crippen LogP contribution in [0.15, 0.2) is 47.1 Å². The van der Waals surface area contributed by atoms with Crippen LogP contribution >= 0.6 is 0 Å². The Morgan fingerprint density at radius 3 is 2.60 bits per heavy atom. The summed E-state index contributed by atoms with van der Waals surface area (Å²) in [5.74, 6) is 6.46. The number of hydrogen-bond acceptors (Lipinski definition) is 7. The molecule has 25 heavy (non-hydrogen) atoms. The van der Waals surface area contributed by atoms with Crippen molar-refractivity contribution in [3.05, 3.63) is 53.6 Å². The monoisotopic (exact) mass is 340 g/mol. The van der Waals surface area contributed by atoms with Gasteiger partial charge in [0.25, 0.3) is 0 Å². The lowest BCUT2D eigenvalue weighted by atomic mass is 10.1. The van der Waals surface area contributed by atoms with Gasteiger partial charge in [-0.05, 0) is 25.5 Å². The molecule has 1 aromatic heterocycles. The van der Waals surface area contributed by atoms with Gasteiger partial charge in [-0.2, -0.15) is 5.10 Å². The summed E-state index contributed by atoms with van der Waals surface area (Å²) in [6.07, 6.45) is 5.52. The topological polar surface area (TPSA) is 89.0 Å². The van der Waals surface area contributed by atoms with E-state index in [1.165, 1.54) is 6.33 Å². The van der Waals surface area contributed by atoms with E-state index in [1.807, 2.05) is 46.0 Å². The third kappa shape index (κ3) is 5.09. The first kappa shape index (κ1) is 18.5. The van der Waals surface area contributed by atoms with E-state index in [9.17, 15) is 0 Å². The molecule has 0 saturated carbocycles. The molecule has 0 aliphatic heterocycles. The molecule has 0 unspecified atom stereocenters. The first-order valence-electron chi connectivity index (χ1n) is 8.09. The van der Waals surface area contributed by atoms with E-state index >= 15 is 0 Å². The van der Waals surface area contributed by atoms with E-state index < -0.39 is 0 Å². The summed E-state index contributed by atoms with van der Waals surface area (Å²) in [6.45, 7) is 6.26. The fraction of sp³-hybridized carbons (Fsp3) is 0.333. The van der Waals surface area contributed by atoms with Gasteiger partial charge in [-0.15, -0.1) is 5.10 Å².